The zero-order valence-electron chi connectivity index (χ0n) is 17.3. The fourth-order valence-corrected chi connectivity index (χ4v) is 2.52. The zero-order chi connectivity index (χ0) is 23.4. The second kappa shape index (κ2) is 12.4. The van der Waals surface area contributed by atoms with Gasteiger partial charge in [-0.05, 0) is 43.2 Å². The van der Waals surface area contributed by atoms with Crippen LogP contribution < -0.4 is 27.2 Å². The lowest BCUT2D eigenvalue weighted by Crippen LogP contribution is -2.27. The summed E-state index contributed by atoms with van der Waals surface area (Å²) in [4.78, 5) is 10.3. The topological polar surface area (TPSA) is 96.4 Å². The molecule has 0 aliphatic heterocycles. The molecule has 31 heavy (non-hydrogen) atoms. The molecule has 6 nitrogen and oxygen atoms in total. The number of unbranched alkanes of at least 4 members (excludes halogenated alkanes) is 1. The zero-order valence-corrected chi connectivity index (χ0v) is 17.3. The minimum Gasteiger partial charge on any atom is -0.401 e. The first-order chi connectivity index (χ1) is 14.6. The molecule has 1 amide bonds. The van der Waals surface area contributed by atoms with Gasteiger partial charge in [0, 0.05) is 30.3 Å². The highest BCUT2D eigenvalue weighted by molar-refractivity contribution is 5.72. The molecule has 0 bridgehead atoms. The van der Waals surface area contributed by atoms with Gasteiger partial charge in [-0.3, -0.25) is 9.80 Å². The normalized spacial score (nSPS) is 11.3. The summed E-state index contributed by atoms with van der Waals surface area (Å²) in [5.41, 5.74) is 6.41. The van der Waals surface area contributed by atoms with Gasteiger partial charge in [0.15, 0.2) is 0 Å². The number of anilines is 3. The molecule has 0 aliphatic carbocycles. The number of halogens is 4. The van der Waals surface area contributed by atoms with Gasteiger partial charge in [-0.25, -0.2) is 10.2 Å². The molecular formula is C21H27F4N5O. The first kappa shape index (κ1) is 25.8. The van der Waals surface area contributed by atoms with Crippen molar-refractivity contribution in [3.05, 3.63) is 65.7 Å². The Kier molecular flexibility index (Phi) is 10.3. The molecule has 0 atom stereocenters. The Morgan fingerprint density at radius 1 is 1.19 bits per heavy atom. The fraction of sp³-hybridized carbons (Fsp3) is 0.286. The van der Waals surface area contributed by atoms with Crippen LogP contribution in [0.25, 0.3) is 0 Å². The summed E-state index contributed by atoms with van der Waals surface area (Å²) >= 11 is 0. The van der Waals surface area contributed by atoms with Crippen molar-refractivity contribution in [2.75, 3.05) is 22.7 Å². The van der Waals surface area contributed by atoms with Crippen molar-refractivity contribution >= 4 is 23.5 Å². The lowest BCUT2D eigenvalue weighted by Gasteiger charge is -2.16. The highest BCUT2D eigenvalue weighted by atomic mass is 19.4. The van der Waals surface area contributed by atoms with E-state index in [4.69, 9.17) is 11.6 Å². The van der Waals surface area contributed by atoms with E-state index in [-0.39, 0.29) is 11.4 Å². The number of nitrogens with zero attached hydrogens (tertiary/aromatic N) is 1. The number of para-hydroxylation sites is 1. The summed E-state index contributed by atoms with van der Waals surface area (Å²) in [5, 5.41) is 5.99. The molecule has 0 fully saturated rings. The van der Waals surface area contributed by atoms with Crippen molar-refractivity contribution in [3.63, 3.8) is 0 Å². The maximum atomic E-state index is 13.8. The van der Waals surface area contributed by atoms with Gasteiger partial charge in [-0.15, -0.1) is 0 Å². The molecule has 0 aromatic heterocycles. The second-order valence-corrected chi connectivity index (χ2v) is 6.44. The maximum Gasteiger partial charge on any atom is 0.418 e. The van der Waals surface area contributed by atoms with Crippen LogP contribution in [0, 0.1) is 5.82 Å². The number of carbonyl (C=O) groups excluding carboxylic acids is 1. The summed E-state index contributed by atoms with van der Waals surface area (Å²) in [7, 11) is 1.46. The molecule has 0 saturated carbocycles. The smallest absolute Gasteiger partial charge is 0.401 e. The first-order valence-corrected chi connectivity index (χ1v) is 9.47. The van der Waals surface area contributed by atoms with Crippen LogP contribution in [-0.2, 0) is 11.0 Å². The Morgan fingerprint density at radius 2 is 1.87 bits per heavy atom. The third-order valence-corrected chi connectivity index (χ3v) is 4.08. The minimum absolute atomic E-state index is 0.102. The third-order valence-electron chi connectivity index (χ3n) is 4.08. The monoisotopic (exact) mass is 441 g/mol. The molecule has 0 spiro atoms. The molecule has 170 valence electrons. The van der Waals surface area contributed by atoms with E-state index in [1.54, 1.807) is 12.1 Å². The Morgan fingerprint density at radius 3 is 2.39 bits per heavy atom. The number of alkyl halides is 3. The Bertz CT molecular complexity index is 871. The number of nitrogens with one attached hydrogen (secondary N) is 2. The van der Waals surface area contributed by atoms with E-state index in [1.807, 2.05) is 0 Å². The van der Waals surface area contributed by atoms with Gasteiger partial charge in [0.2, 0.25) is 6.41 Å². The summed E-state index contributed by atoms with van der Waals surface area (Å²) in [6.07, 6.45) is 0.411. The van der Waals surface area contributed by atoms with Crippen LogP contribution in [0.5, 0.6) is 0 Å². The Hall–Kier alpha value is -3.27. The van der Waals surface area contributed by atoms with Crippen molar-refractivity contribution < 1.29 is 22.4 Å². The van der Waals surface area contributed by atoms with Crippen LogP contribution in [0.2, 0.25) is 0 Å². The third kappa shape index (κ3) is 8.55. The molecule has 0 aliphatic rings. The van der Waals surface area contributed by atoms with Crippen molar-refractivity contribution in [2.24, 2.45) is 11.6 Å². The van der Waals surface area contributed by atoms with Crippen molar-refractivity contribution in [2.45, 2.75) is 32.4 Å². The molecule has 0 radical (unpaired) electrons. The quantitative estimate of drug-likeness (QED) is 0.204. The molecule has 0 unspecified atom stereocenters. The van der Waals surface area contributed by atoms with Crippen LogP contribution >= 0.6 is 0 Å². The van der Waals surface area contributed by atoms with Gasteiger partial charge in [0.1, 0.15) is 5.82 Å². The molecule has 2 rings (SSSR count). The predicted octanol–water partition coefficient (Wildman–Crippen LogP) is 4.81. The molecule has 0 saturated heterocycles. The summed E-state index contributed by atoms with van der Waals surface area (Å²) < 4.78 is 50.4. The predicted molar refractivity (Wildman–Crippen MR) is 116 cm³/mol. The number of allylic oxidation sites excluding steroid dienone is 1. The van der Waals surface area contributed by atoms with Gasteiger partial charge < -0.3 is 16.4 Å². The molecule has 10 heteroatoms. The molecule has 0 heterocycles. The van der Waals surface area contributed by atoms with Gasteiger partial charge in [0.05, 0.1) is 11.3 Å². The SMILES string of the molecule is CCCC/C(N)=C/N(N)c1ccc(NC=O)cc1F.CNc1ccccc1C(F)(F)F. The first-order valence-electron chi connectivity index (χ1n) is 9.47. The van der Waals surface area contributed by atoms with Crippen LogP contribution in [0.3, 0.4) is 0 Å². The Balaban J connectivity index is 0.000000343. The minimum atomic E-state index is -4.28. The van der Waals surface area contributed by atoms with Crippen LogP contribution in [0.4, 0.5) is 34.6 Å². The van der Waals surface area contributed by atoms with Gasteiger partial charge in [0.25, 0.3) is 0 Å². The van der Waals surface area contributed by atoms with Crippen molar-refractivity contribution in [1.82, 2.24) is 0 Å². The number of amides is 1. The number of hydrazine groups is 1. The van der Waals surface area contributed by atoms with E-state index in [0.717, 1.165) is 30.3 Å². The number of hydrogen-bond donors (Lipinski definition) is 4. The van der Waals surface area contributed by atoms with E-state index in [0.29, 0.717) is 17.8 Å². The van der Waals surface area contributed by atoms with E-state index in [2.05, 4.69) is 17.6 Å². The van der Waals surface area contributed by atoms with Crippen LogP contribution in [-0.4, -0.2) is 13.5 Å². The number of benzene rings is 2. The number of hydrogen-bond acceptors (Lipinski definition) is 5. The lowest BCUT2D eigenvalue weighted by molar-refractivity contribution is -0.137. The van der Waals surface area contributed by atoms with Crippen LogP contribution in [0.15, 0.2) is 54.4 Å². The number of rotatable bonds is 8. The summed E-state index contributed by atoms with van der Waals surface area (Å²) in [5.74, 6) is 5.21. The molecular weight excluding hydrogens is 414 g/mol. The highest BCUT2D eigenvalue weighted by Gasteiger charge is 2.32. The fourth-order valence-electron chi connectivity index (χ4n) is 2.52. The van der Waals surface area contributed by atoms with Gasteiger partial charge in [-0.1, -0.05) is 25.5 Å². The van der Waals surface area contributed by atoms with E-state index < -0.39 is 17.6 Å². The average molecular weight is 441 g/mol. The molecule has 2 aromatic rings. The van der Waals surface area contributed by atoms with Crippen molar-refractivity contribution in [3.8, 4) is 0 Å². The van der Waals surface area contributed by atoms with Gasteiger partial charge >= 0.3 is 6.18 Å². The van der Waals surface area contributed by atoms with Crippen LogP contribution in [0.1, 0.15) is 31.7 Å². The summed E-state index contributed by atoms with van der Waals surface area (Å²) in [6.45, 7) is 2.06. The molecule has 6 N–H and O–H groups in total. The number of nitrogens with two attached hydrogens (primary N) is 2. The van der Waals surface area contributed by atoms with Gasteiger partial charge in [-0.2, -0.15) is 13.2 Å². The van der Waals surface area contributed by atoms with Crippen molar-refractivity contribution in [1.29, 1.82) is 0 Å². The van der Waals surface area contributed by atoms with E-state index >= 15 is 0 Å². The second-order valence-electron chi connectivity index (χ2n) is 6.44. The van der Waals surface area contributed by atoms with E-state index in [9.17, 15) is 22.4 Å². The largest absolute Gasteiger partial charge is 0.418 e. The maximum absolute atomic E-state index is 13.8. The Labute approximate surface area is 178 Å². The lowest BCUT2D eigenvalue weighted by atomic mass is 10.2. The highest BCUT2D eigenvalue weighted by Crippen LogP contribution is 2.34. The summed E-state index contributed by atoms with van der Waals surface area (Å²) in [6, 6.07) is 9.59. The molecule has 2 aromatic carbocycles. The average Bonchev–Trinajstić information content (AvgIpc) is 2.72. The van der Waals surface area contributed by atoms with E-state index in [1.165, 1.54) is 37.5 Å². The standard InChI is InChI=1S/C13H19FN4O.C8H8F3N/c1-2-3-4-10(15)8-18(16)13-6-5-11(17-9-19)7-12(13)14;1-12-7-5-3-2-4-6(7)8(9,10)11/h5-9H,2-4,15-16H2,1H3,(H,17,19);2-5,12H,1H3/b10-8-;. The number of carbonyl (C=O) groups is 1.